The topological polar surface area (TPSA) is 74.3 Å². The SMILES string of the molecule is CNC(=O)C(C)c1cnc(C2=CCN(C(=O)Nc3ccc(C(F)(F)F)c(C)c3)CC2)c(Cl)c1. The second kappa shape index (κ2) is 9.82. The van der Waals surface area contributed by atoms with Crippen LogP contribution in [0.1, 0.15) is 41.6 Å². The van der Waals surface area contributed by atoms with Crippen LogP contribution in [-0.4, -0.2) is 42.0 Å². The third kappa shape index (κ3) is 5.65. The molecule has 1 aliphatic heterocycles. The summed E-state index contributed by atoms with van der Waals surface area (Å²) in [6, 6.07) is 4.82. The number of halogens is 4. The zero-order chi connectivity index (χ0) is 24.3. The van der Waals surface area contributed by atoms with E-state index in [1.807, 2.05) is 6.08 Å². The molecule has 6 nitrogen and oxygen atoms in total. The lowest BCUT2D eigenvalue weighted by atomic mass is 9.99. The molecule has 1 aromatic heterocycles. The molecule has 2 heterocycles. The summed E-state index contributed by atoms with van der Waals surface area (Å²) >= 11 is 6.41. The highest BCUT2D eigenvalue weighted by Gasteiger charge is 2.32. The van der Waals surface area contributed by atoms with E-state index >= 15 is 0 Å². The van der Waals surface area contributed by atoms with E-state index in [2.05, 4.69) is 15.6 Å². The number of likely N-dealkylation sites (N-methyl/N-ethyl adjacent to an activating group) is 1. The number of hydrogen-bond acceptors (Lipinski definition) is 3. The van der Waals surface area contributed by atoms with Crippen LogP contribution in [0.3, 0.4) is 0 Å². The predicted molar refractivity (Wildman–Crippen MR) is 121 cm³/mol. The Balaban J connectivity index is 1.66. The van der Waals surface area contributed by atoms with Gasteiger partial charge in [-0.3, -0.25) is 9.78 Å². The van der Waals surface area contributed by atoms with Gasteiger partial charge in [-0.25, -0.2) is 4.79 Å². The number of nitrogens with one attached hydrogen (secondary N) is 2. The van der Waals surface area contributed by atoms with Crippen LogP contribution >= 0.6 is 11.6 Å². The van der Waals surface area contributed by atoms with Crippen LogP contribution in [0.4, 0.5) is 23.7 Å². The molecule has 1 atom stereocenters. The molecule has 2 aromatic rings. The summed E-state index contributed by atoms with van der Waals surface area (Å²) < 4.78 is 38.8. The van der Waals surface area contributed by atoms with Crippen molar-refractivity contribution in [2.45, 2.75) is 32.4 Å². The van der Waals surface area contributed by atoms with Crippen LogP contribution in [0.15, 0.2) is 36.5 Å². The summed E-state index contributed by atoms with van der Waals surface area (Å²) in [5.41, 5.74) is 1.79. The van der Waals surface area contributed by atoms with Crippen molar-refractivity contribution in [3.05, 3.63) is 63.9 Å². The third-order valence-corrected chi connectivity index (χ3v) is 5.87. The van der Waals surface area contributed by atoms with E-state index in [0.29, 0.717) is 41.5 Å². The van der Waals surface area contributed by atoms with E-state index in [9.17, 15) is 22.8 Å². The van der Waals surface area contributed by atoms with Gasteiger partial charge in [-0.15, -0.1) is 0 Å². The highest BCUT2D eigenvalue weighted by molar-refractivity contribution is 6.32. The Morgan fingerprint density at radius 2 is 1.97 bits per heavy atom. The van der Waals surface area contributed by atoms with E-state index in [0.717, 1.165) is 11.6 Å². The second-order valence-electron chi connectivity index (χ2n) is 7.82. The standard InChI is InChI=1S/C23H24ClF3N4O2/c1-13-10-17(4-5-18(13)23(25,26)27)30-22(33)31-8-6-15(7-9-31)20-19(24)11-16(12-29-20)14(2)21(32)28-3/h4-6,10-12,14H,7-9H2,1-3H3,(H,28,32)(H,30,33). The van der Waals surface area contributed by atoms with Crippen LogP contribution in [0.5, 0.6) is 0 Å². The number of urea groups is 1. The van der Waals surface area contributed by atoms with Crippen molar-refractivity contribution in [2.75, 3.05) is 25.5 Å². The molecule has 0 radical (unpaired) electrons. The zero-order valence-corrected chi connectivity index (χ0v) is 19.1. The lowest BCUT2D eigenvalue weighted by molar-refractivity contribution is -0.138. The summed E-state index contributed by atoms with van der Waals surface area (Å²) in [6.45, 7) is 3.81. The Kier molecular flexibility index (Phi) is 7.31. The summed E-state index contributed by atoms with van der Waals surface area (Å²) in [5.74, 6) is -0.523. The fourth-order valence-electron chi connectivity index (χ4n) is 3.62. The van der Waals surface area contributed by atoms with Crippen molar-refractivity contribution in [1.29, 1.82) is 0 Å². The number of anilines is 1. The Labute approximate surface area is 194 Å². The molecule has 1 unspecified atom stereocenters. The quantitative estimate of drug-likeness (QED) is 0.629. The fraction of sp³-hybridized carbons (Fsp3) is 0.348. The van der Waals surface area contributed by atoms with Crippen LogP contribution in [-0.2, 0) is 11.0 Å². The van der Waals surface area contributed by atoms with E-state index in [1.165, 1.54) is 19.1 Å². The first kappa shape index (κ1) is 24.6. The minimum atomic E-state index is -4.44. The smallest absolute Gasteiger partial charge is 0.359 e. The molecule has 0 saturated carbocycles. The molecule has 0 fully saturated rings. The molecule has 0 bridgehead atoms. The van der Waals surface area contributed by atoms with Crippen LogP contribution < -0.4 is 10.6 Å². The fourth-order valence-corrected chi connectivity index (χ4v) is 3.92. The highest BCUT2D eigenvalue weighted by atomic mass is 35.5. The van der Waals surface area contributed by atoms with Gasteiger partial charge in [0.15, 0.2) is 0 Å². The molecule has 10 heteroatoms. The molecule has 1 aromatic carbocycles. The lowest BCUT2D eigenvalue weighted by Crippen LogP contribution is -2.38. The number of alkyl halides is 3. The van der Waals surface area contributed by atoms with E-state index in [-0.39, 0.29) is 17.4 Å². The van der Waals surface area contributed by atoms with E-state index < -0.39 is 17.8 Å². The number of carbonyl (C=O) groups excluding carboxylic acids is 2. The molecule has 176 valence electrons. The number of benzene rings is 1. The Morgan fingerprint density at radius 3 is 2.52 bits per heavy atom. The molecule has 2 N–H and O–H groups in total. The van der Waals surface area contributed by atoms with Gasteiger partial charge >= 0.3 is 12.2 Å². The van der Waals surface area contributed by atoms with Crippen molar-refractivity contribution in [3.8, 4) is 0 Å². The molecule has 3 rings (SSSR count). The predicted octanol–water partition coefficient (Wildman–Crippen LogP) is 5.23. The summed E-state index contributed by atoms with van der Waals surface area (Å²) in [6.07, 6.45) is -0.462. The Hall–Kier alpha value is -3.07. The molecule has 0 spiro atoms. The number of hydrogen-bond donors (Lipinski definition) is 2. The van der Waals surface area contributed by atoms with Crippen LogP contribution in [0.2, 0.25) is 5.02 Å². The van der Waals surface area contributed by atoms with Crippen molar-refractivity contribution in [2.24, 2.45) is 0 Å². The maximum atomic E-state index is 12.9. The summed E-state index contributed by atoms with van der Waals surface area (Å²) in [7, 11) is 1.57. The number of nitrogens with zero attached hydrogens (tertiary/aromatic N) is 2. The third-order valence-electron chi connectivity index (χ3n) is 5.59. The lowest BCUT2D eigenvalue weighted by Gasteiger charge is -2.27. The Bertz CT molecular complexity index is 1100. The first-order valence-corrected chi connectivity index (χ1v) is 10.7. The number of amides is 3. The monoisotopic (exact) mass is 480 g/mol. The van der Waals surface area contributed by atoms with Gasteiger partial charge < -0.3 is 15.5 Å². The molecule has 33 heavy (non-hydrogen) atoms. The first-order chi connectivity index (χ1) is 15.5. The molecule has 1 aliphatic rings. The molecule has 0 aliphatic carbocycles. The highest BCUT2D eigenvalue weighted by Crippen LogP contribution is 2.33. The van der Waals surface area contributed by atoms with Crippen molar-refractivity contribution < 1.29 is 22.8 Å². The van der Waals surface area contributed by atoms with Crippen molar-refractivity contribution >= 4 is 34.8 Å². The molecular weight excluding hydrogens is 457 g/mol. The molecule has 0 saturated heterocycles. The van der Waals surface area contributed by atoms with Crippen LogP contribution in [0.25, 0.3) is 5.57 Å². The van der Waals surface area contributed by atoms with Crippen molar-refractivity contribution in [3.63, 3.8) is 0 Å². The minimum absolute atomic E-state index is 0.0380. The van der Waals surface area contributed by atoms with E-state index in [1.54, 1.807) is 31.1 Å². The van der Waals surface area contributed by atoms with Gasteiger partial charge in [0.05, 0.1) is 22.2 Å². The second-order valence-corrected chi connectivity index (χ2v) is 8.23. The maximum absolute atomic E-state index is 12.9. The van der Waals surface area contributed by atoms with Gasteiger partial charge in [0.25, 0.3) is 0 Å². The number of aromatic nitrogens is 1. The number of carbonyl (C=O) groups is 2. The van der Waals surface area contributed by atoms with Gasteiger partial charge in [0.2, 0.25) is 5.91 Å². The zero-order valence-electron chi connectivity index (χ0n) is 18.4. The molecular formula is C23H24ClF3N4O2. The van der Waals surface area contributed by atoms with Crippen LogP contribution in [0, 0.1) is 6.92 Å². The Morgan fingerprint density at radius 1 is 1.24 bits per heavy atom. The molecule has 3 amide bonds. The van der Waals surface area contributed by atoms with Gasteiger partial charge in [0.1, 0.15) is 0 Å². The number of rotatable bonds is 4. The maximum Gasteiger partial charge on any atom is 0.416 e. The normalized spacial score (nSPS) is 15.0. The average Bonchev–Trinajstić information content (AvgIpc) is 2.77. The van der Waals surface area contributed by atoms with Gasteiger partial charge in [-0.1, -0.05) is 17.7 Å². The average molecular weight is 481 g/mol. The number of pyridine rings is 1. The number of aryl methyl sites for hydroxylation is 1. The van der Waals surface area contributed by atoms with Crippen molar-refractivity contribution in [1.82, 2.24) is 15.2 Å². The van der Waals surface area contributed by atoms with E-state index in [4.69, 9.17) is 11.6 Å². The van der Waals surface area contributed by atoms with Gasteiger partial charge in [0, 0.05) is 32.0 Å². The summed E-state index contributed by atoms with van der Waals surface area (Å²) in [4.78, 5) is 30.4. The first-order valence-electron chi connectivity index (χ1n) is 10.3. The minimum Gasteiger partial charge on any atom is -0.359 e. The largest absolute Gasteiger partial charge is 0.416 e. The summed E-state index contributed by atoms with van der Waals surface area (Å²) in [5, 5.41) is 5.66. The van der Waals surface area contributed by atoms with Gasteiger partial charge in [-0.05, 0) is 61.2 Å². The van der Waals surface area contributed by atoms with Gasteiger partial charge in [-0.2, -0.15) is 13.2 Å².